The van der Waals surface area contributed by atoms with Gasteiger partial charge in [-0.1, -0.05) is 18.2 Å². The van der Waals surface area contributed by atoms with Gasteiger partial charge in [-0.15, -0.1) is 0 Å². The number of furan rings is 1. The number of nitrogen functional groups attached to an aromatic ring is 2. The van der Waals surface area contributed by atoms with Crippen molar-refractivity contribution >= 4 is 33.8 Å². The molecule has 10 heteroatoms. The highest BCUT2D eigenvalue weighted by atomic mass is 16.6. The number of benzene rings is 1. The van der Waals surface area contributed by atoms with Crippen LogP contribution in [0.5, 0.6) is 0 Å². The van der Waals surface area contributed by atoms with Gasteiger partial charge in [0, 0.05) is 17.1 Å². The largest absolute Gasteiger partial charge is 0.456 e. The summed E-state index contributed by atoms with van der Waals surface area (Å²) in [4.78, 5) is 8.31. The van der Waals surface area contributed by atoms with Crippen LogP contribution in [0.1, 0.15) is 6.23 Å². The zero-order valence-electron chi connectivity index (χ0n) is 15.1. The number of nitrogens with zero attached hydrogens (tertiary/aromatic N) is 3. The summed E-state index contributed by atoms with van der Waals surface area (Å²) >= 11 is 0. The minimum atomic E-state index is -1.29. The fraction of sp³-hybridized carbons (Fsp3) is 0.263. The lowest BCUT2D eigenvalue weighted by atomic mass is 10.1. The van der Waals surface area contributed by atoms with Crippen LogP contribution in [0.2, 0.25) is 0 Å². The zero-order chi connectivity index (χ0) is 20.3. The van der Waals surface area contributed by atoms with Crippen LogP contribution in [0.25, 0.3) is 33.3 Å². The Morgan fingerprint density at radius 3 is 2.62 bits per heavy atom. The molecule has 0 saturated carbocycles. The highest BCUT2D eigenvalue weighted by Gasteiger charge is 2.44. The molecule has 1 saturated heterocycles. The molecule has 29 heavy (non-hydrogen) atoms. The Morgan fingerprint density at radius 1 is 1.10 bits per heavy atom. The predicted octanol–water partition coefficient (Wildman–Crippen LogP) is 0.620. The minimum Gasteiger partial charge on any atom is -0.456 e. The molecule has 1 aliphatic heterocycles. The molecule has 5 rings (SSSR count). The zero-order valence-corrected chi connectivity index (χ0v) is 15.1. The number of anilines is 2. The molecule has 0 radical (unpaired) electrons. The first-order chi connectivity index (χ1) is 14.0. The summed E-state index contributed by atoms with van der Waals surface area (Å²) in [6, 6.07) is 9.41. The molecule has 3 aromatic heterocycles. The van der Waals surface area contributed by atoms with Gasteiger partial charge in [0.05, 0.1) is 12.0 Å². The summed E-state index contributed by atoms with van der Waals surface area (Å²) in [5.74, 6) is 0.632. The third kappa shape index (κ3) is 2.65. The van der Waals surface area contributed by atoms with Crippen LogP contribution in [-0.4, -0.2) is 54.8 Å². The van der Waals surface area contributed by atoms with Crippen molar-refractivity contribution in [3.63, 3.8) is 0 Å². The number of ether oxygens (including phenoxy) is 1. The Balaban J connectivity index is 1.74. The average molecular weight is 397 g/mol. The second kappa shape index (κ2) is 6.42. The van der Waals surface area contributed by atoms with E-state index in [4.69, 9.17) is 20.6 Å². The van der Waals surface area contributed by atoms with E-state index in [0.717, 1.165) is 5.39 Å². The number of aliphatic hydroxyl groups excluding tert-OH is 3. The van der Waals surface area contributed by atoms with Gasteiger partial charge < -0.3 is 40.5 Å². The first-order valence-corrected chi connectivity index (χ1v) is 9.03. The van der Waals surface area contributed by atoms with Crippen molar-refractivity contribution in [1.29, 1.82) is 0 Å². The van der Waals surface area contributed by atoms with Crippen LogP contribution < -0.4 is 11.5 Å². The molecule has 4 heterocycles. The van der Waals surface area contributed by atoms with Gasteiger partial charge in [0.2, 0.25) is 5.95 Å². The van der Waals surface area contributed by atoms with Gasteiger partial charge in [0.25, 0.3) is 0 Å². The van der Waals surface area contributed by atoms with Crippen molar-refractivity contribution in [2.45, 2.75) is 24.5 Å². The smallest absolute Gasteiger partial charge is 0.223 e. The van der Waals surface area contributed by atoms with Gasteiger partial charge in [-0.25, -0.2) is 0 Å². The minimum absolute atomic E-state index is 0.0442. The van der Waals surface area contributed by atoms with E-state index in [1.54, 1.807) is 6.20 Å². The van der Waals surface area contributed by atoms with Gasteiger partial charge in [-0.2, -0.15) is 9.97 Å². The summed E-state index contributed by atoms with van der Waals surface area (Å²) < 4.78 is 13.1. The van der Waals surface area contributed by atoms with E-state index in [1.807, 2.05) is 30.3 Å². The molecule has 0 spiro atoms. The summed E-state index contributed by atoms with van der Waals surface area (Å²) in [6.07, 6.45) is -2.82. The number of aromatic nitrogens is 3. The van der Waals surface area contributed by atoms with Gasteiger partial charge >= 0.3 is 0 Å². The molecule has 7 N–H and O–H groups in total. The van der Waals surface area contributed by atoms with Crippen molar-refractivity contribution < 1.29 is 24.5 Å². The van der Waals surface area contributed by atoms with E-state index in [0.29, 0.717) is 27.9 Å². The van der Waals surface area contributed by atoms with E-state index in [2.05, 4.69) is 9.97 Å². The highest BCUT2D eigenvalue weighted by molar-refractivity contribution is 6.01. The number of para-hydroxylation sites is 1. The fourth-order valence-electron chi connectivity index (χ4n) is 3.80. The van der Waals surface area contributed by atoms with Crippen LogP contribution in [0.4, 0.5) is 11.8 Å². The monoisotopic (exact) mass is 397 g/mol. The number of rotatable bonds is 3. The first-order valence-electron chi connectivity index (χ1n) is 9.03. The SMILES string of the molecule is Nc1nc(N)c2c(-c3cc4ccccc4o3)cn([C@@H]3O[C@H](CO)[C@@H](O)[C@H]3O)c2n1. The molecule has 150 valence electrons. The van der Waals surface area contributed by atoms with Crippen LogP contribution in [0, 0.1) is 0 Å². The van der Waals surface area contributed by atoms with E-state index >= 15 is 0 Å². The van der Waals surface area contributed by atoms with Crippen LogP contribution in [-0.2, 0) is 4.74 Å². The molecule has 1 aromatic carbocycles. The predicted molar refractivity (Wildman–Crippen MR) is 105 cm³/mol. The van der Waals surface area contributed by atoms with Gasteiger partial charge in [-0.05, 0) is 12.1 Å². The molecule has 1 fully saturated rings. The van der Waals surface area contributed by atoms with Crippen molar-refractivity contribution in [1.82, 2.24) is 14.5 Å². The lowest BCUT2D eigenvalue weighted by Gasteiger charge is -2.17. The summed E-state index contributed by atoms with van der Waals surface area (Å²) in [5.41, 5.74) is 13.5. The van der Waals surface area contributed by atoms with Gasteiger partial charge in [-0.3, -0.25) is 0 Å². The van der Waals surface area contributed by atoms with Crippen LogP contribution in [0.3, 0.4) is 0 Å². The maximum Gasteiger partial charge on any atom is 0.223 e. The topological polar surface area (TPSA) is 166 Å². The third-order valence-electron chi connectivity index (χ3n) is 5.20. The maximum absolute atomic E-state index is 10.5. The Labute approximate surface area is 163 Å². The van der Waals surface area contributed by atoms with Crippen molar-refractivity contribution in [2.75, 3.05) is 18.1 Å². The van der Waals surface area contributed by atoms with E-state index in [1.165, 1.54) is 4.57 Å². The molecule has 4 atom stereocenters. The number of hydrogen-bond acceptors (Lipinski definition) is 9. The molecule has 0 bridgehead atoms. The summed E-state index contributed by atoms with van der Waals surface area (Å²) in [5, 5.41) is 31.4. The van der Waals surface area contributed by atoms with E-state index in [-0.39, 0.29) is 11.8 Å². The van der Waals surface area contributed by atoms with Gasteiger partial charge in [0.1, 0.15) is 35.5 Å². The second-order valence-electron chi connectivity index (χ2n) is 6.99. The normalized spacial score (nSPS) is 24.7. The maximum atomic E-state index is 10.5. The molecule has 1 aliphatic rings. The Morgan fingerprint density at radius 2 is 1.90 bits per heavy atom. The number of fused-ring (bicyclic) bond motifs is 2. The van der Waals surface area contributed by atoms with E-state index < -0.39 is 31.1 Å². The highest BCUT2D eigenvalue weighted by Crippen LogP contribution is 2.40. The van der Waals surface area contributed by atoms with Crippen molar-refractivity contribution in [2.24, 2.45) is 0 Å². The quantitative estimate of drug-likeness (QED) is 0.333. The Kier molecular flexibility index (Phi) is 3.96. The number of aliphatic hydroxyl groups is 3. The van der Waals surface area contributed by atoms with Gasteiger partial charge in [0.15, 0.2) is 11.9 Å². The molecular weight excluding hydrogens is 378 g/mol. The lowest BCUT2D eigenvalue weighted by Crippen LogP contribution is -2.33. The fourth-order valence-corrected chi connectivity index (χ4v) is 3.80. The average Bonchev–Trinajstić information content (AvgIpc) is 3.36. The molecule has 0 amide bonds. The second-order valence-corrected chi connectivity index (χ2v) is 6.99. The molecule has 0 aliphatic carbocycles. The summed E-state index contributed by atoms with van der Waals surface area (Å²) in [6.45, 7) is -0.441. The molecular formula is C19H19N5O5. The van der Waals surface area contributed by atoms with Crippen molar-refractivity contribution in [3.05, 3.63) is 36.5 Å². The Hall–Kier alpha value is -3.18. The van der Waals surface area contributed by atoms with E-state index in [9.17, 15) is 15.3 Å². The summed E-state index contributed by atoms with van der Waals surface area (Å²) in [7, 11) is 0. The molecule has 4 aromatic rings. The number of hydrogen-bond donors (Lipinski definition) is 5. The standard InChI is InChI=1S/C19H19N5O5/c20-16-13-9(11-5-8-3-1-2-4-10(8)28-11)6-24(17(13)23-19(21)22-16)18-15(27)14(26)12(7-25)29-18/h1-6,12,14-15,18,25-27H,7H2,(H4,20,21,22,23)/t12-,14-,15-,18-/m1/s1. The molecule has 10 nitrogen and oxygen atoms in total. The lowest BCUT2D eigenvalue weighted by molar-refractivity contribution is -0.0508. The van der Waals surface area contributed by atoms with Crippen molar-refractivity contribution in [3.8, 4) is 11.3 Å². The van der Waals surface area contributed by atoms with Crippen LogP contribution >= 0.6 is 0 Å². The molecule has 0 unspecified atom stereocenters. The number of nitrogens with two attached hydrogens (primary N) is 2. The Bertz CT molecular complexity index is 1190. The first kappa shape index (κ1) is 17.9. The van der Waals surface area contributed by atoms with Crippen LogP contribution in [0.15, 0.2) is 40.9 Å². The third-order valence-corrected chi connectivity index (χ3v) is 5.20.